The summed E-state index contributed by atoms with van der Waals surface area (Å²) < 4.78 is 59.6. The quantitative estimate of drug-likeness (QED) is 0.769. The van der Waals surface area contributed by atoms with Gasteiger partial charge in [-0.1, -0.05) is 0 Å². The van der Waals surface area contributed by atoms with Crippen LogP contribution in [-0.2, 0) is 19.9 Å². The van der Waals surface area contributed by atoms with Gasteiger partial charge in [0.2, 0.25) is 10.0 Å². The van der Waals surface area contributed by atoms with Crippen LogP contribution in [0.15, 0.2) is 23.1 Å². The van der Waals surface area contributed by atoms with Crippen molar-refractivity contribution in [2.45, 2.75) is 17.4 Å². The second-order valence-electron chi connectivity index (χ2n) is 5.09. The molecule has 1 atom stereocenters. The van der Waals surface area contributed by atoms with Crippen LogP contribution < -0.4 is 9.47 Å². The van der Waals surface area contributed by atoms with E-state index in [0.29, 0.717) is 17.9 Å². The first kappa shape index (κ1) is 17.0. The highest BCUT2D eigenvalue weighted by Gasteiger charge is 2.36. The first-order valence-electron chi connectivity index (χ1n) is 6.62. The van der Waals surface area contributed by atoms with E-state index in [1.165, 1.54) is 39.5 Å². The van der Waals surface area contributed by atoms with Crippen LogP contribution in [0, 0.1) is 0 Å². The second kappa shape index (κ2) is 6.05. The van der Waals surface area contributed by atoms with E-state index in [2.05, 4.69) is 0 Å². The van der Waals surface area contributed by atoms with Gasteiger partial charge in [0.05, 0.1) is 30.6 Å². The Labute approximate surface area is 130 Å². The molecule has 0 N–H and O–H groups in total. The minimum atomic E-state index is -3.80. The van der Waals surface area contributed by atoms with E-state index < -0.39 is 25.9 Å². The highest BCUT2D eigenvalue weighted by atomic mass is 32.2. The lowest BCUT2D eigenvalue weighted by Gasteiger charge is -2.23. The molecule has 0 aromatic heterocycles. The molecule has 1 heterocycles. The largest absolute Gasteiger partial charge is 0.493 e. The van der Waals surface area contributed by atoms with Gasteiger partial charge >= 0.3 is 0 Å². The third kappa shape index (κ3) is 3.21. The Morgan fingerprint density at radius 2 is 1.82 bits per heavy atom. The molecule has 1 fully saturated rings. The summed E-state index contributed by atoms with van der Waals surface area (Å²) in [6.45, 7) is 0. The Morgan fingerprint density at radius 3 is 2.32 bits per heavy atom. The van der Waals surface area contributed by atoms with Crippen molar-refractivity contribution in [3.05, 3.63) is 18.2 Å². The summed E-state index contributed by atoms with van der Waals surface area (Å²) in [7, 11) is -2.68. The molecule has 1 aliphatic heterocycles. The number of nitrogens with zero attached hydrogens (tertiary/aromatic N) is 1. The van der Waals surface area contributed by atoms with Gasteiger partial charge in [-0.05, 0) is 18.6 Å². The summed E-state index contributed by atoms with van der Waals surface area (Å²) in [4.78, 5) is 0.0388. The Hall–Kier alpha value is -1.32. The van der Waals surface area contributed by atoms with Crippen molar-refractivity contribution in [2.75, 3.05) is 32.8 Å². The standard InChI is InChI=1S/C13H19NO6S2/c1-14(10-6-7-21(15,16)9-10)22(17,18)11-4-5-12(19-2)13(8-11)20-3/h4-5,8,10H,6-7,9H2,1-3H3/t10-/m1/s1. The molecule has 22 heavy (non-hydrogen) atoms. The summed E-state index contributed by atoms with van der Waals surface area (Å²) in [5.41, 5.74) is 0. The predicted octanol–water partition coefficient (Wildman–Crippen LogP) is 0.511. The Kier molecular flexibility index (Phi) is 4.69. The number of sulfonamides is 1. The van der Waals surface area contributed by atoms with Crippen LogP contribution in [0.3, 0.4) is 0 Å². The Morgan fingerprint density at radius 1 is 1.18 bits per heavy atom. The van der Waals surface area contributed by atoms with Gasteiger partial charge in [-0.3, -0.25) is 0 Å². The molecule has 1 aromatic rings. The molecule has 0 saturated carbocycles. The molecule has 0 bridgehead atoms. The monoisotopic (exact) mass is 349 g/mol. The van der Waals surface area contributed by atoms with Crippen LogP contribution >= 0.6 is 0 Å². The highest BCUT2D eigenvalue weighted by molar-refractivity contribution is 7.92. The van der Waals surface area contributed by atoms with Gasteiger partial charge in [-0.15, -0.1) is 0 Å². The molecule has 124 valence electrons. The third-order valence-electron chi connectivity index (χ3n) is 3.75. The van der Waals surface area contributed by atoms with Gasteiger partial charge < -0.3 is 9.47 Å². The fourth-order valence-electron chi connectivity index (χ4n) is 2.40. The van der Waals surface area contributed by atoms with E-state index in [-0.39, 0.29) is 16.4 Å². The number of hydrogen-bond donors (Lipinski definition) is 0. The maximum Gasteiger partial charge on any atom is 0.243 e. The van der Waals surface area contributed by atoms with Gasteiger partial charge in [0.1, 0.15) is 0 Å². The van der Waals surface area contributed by atoms with Crippen LogP contribution in [-0.4, -0.2) is 60.0 Å². The van der Waals surface area contributed by atoms with Crippen LogP contribution in [0.1, 0.15) is 6.42 Å². The van der Waals surface area contributed by atoms with E-state index in [4.69, 9.17) is 9.47 Å². The number of rotatable bonds is 5. The smallest absolute Gasteiger partial charge is 0.243 e. The highest BCUT2D eigenvalue weighted by Crippen LogP contribution is 2.31. The molecular formula is C13H19NO6S2. The molecule has 7 nitrogen and oxygen atoms in total. The zero-order chi connectivity index (χ0) is 16.5. The van der Waals surface area contributed by atoms with Gasteiger partial charge in [-0.2, -0.15) is 4.31 Å². The van der Waals surface area contributed by atoms with Crippen LogP contribution in [0.4, 0.5) is 0 Å². The summed E-state index contributed by atoms with van der Waals surface area (Å²) in [6, 6.07) is 3.75. The first-order chi connectivity index (χ1) is 10.2. The van der Waals surface area contributed by atoms with Crippen molar-refractivity contribution >= 4 is 19.9 Å². The number of methoxy groups -OCH3 is 2. The molecule has 1 aromatic carbocycles. The lowest BCUT2D eigenvalue weighted by atomic mass is 10.3. The summed E-state index contributed by atoms with van der Waals surface area (Å²) >= 11 is 0. The summed E-state index contributed by atoms with van der Waals surface area (Å²) in [6.07, 6.45) is 0.311. The fourth-order valence-corrected chi connectivity index (χ4v) is 5.67. The molecular weight excluding hydrogens is 330 g/mol. The molecule has 0 unspecified atom stereocenters. The Bertz CT molecular complexity index is 757. The van der Waals surface area contributed by atoms with Gasteiger partial charge in [0, 0.05) is 19.2 Å². The molecule has 9 heteroatoms. The zero-order valence-corrected chi connectivity index (χ0v) is 14.3. The van der Waals surface area contributed by atoms with Crippen LogP contribution in [0.5, 0.6) is 11.5 Å². The number of hydrogen-bond acceptors (Lipinski definition) is 6. The molecule has 0 aliphatic carbocycles. The molecule has 2 rings (SSSR count). The van der Waals surface area contributed by atoms with Crippen molar-refractivity contribution in [3.63, 3.8) is 0 Å². The molecule has 1 saturated heterocycles. The second-order valence-corrected chi connectivity index (χ2v) is 9.32. The van der Waals surface area contributed by atoms with E-state index in [9.17, 15) is 16.8 Å². The summed E-state index contributed by atoms with van der Waals surface area (Å²) in [5, 5.41) is 0. The van der Waals surface area contributed by atoms with Gasteiger partial charge in [0.25, 0.3) is 0 Å². The minimum absolute atomic E-state index is 0.0173. The lowest BCUT2D eigenvalue weighted by molar-refractivity contribution is 0.353. The molecule has 0 amide bonds. The van der Waals surface area contributed by atoms with Gasteiger partial charge in [0.15, 0.2) is 21.3 Å². The van der Waals surface area contributed by atoms with Gasteiger partial charge in [-0.25, -0.2) is 16.8 Å². The average Bonchev–Trinajstić information content (AvgIpc) is 2.85. The van der Waals surface area contributed by atoms with E-state index >= 15 is 0 Å². The van der Waals surface area contributed by atoms with E-state index in [0.717, 1.165) is 4.31 Å². The summed E-state index contributed by atoms with van der Waals surface area (Å²) in [5.74, 6) is 0.600. The van der Waals surface area contributed by atoms with E-state index in [1.54, 1.807) is 0 Å². The SMILES string of the molecule is COc1ccc(S(=O)(=O)N(C)[C@@H]2CCS(=O)(=O)C2)cc1OC. The van der Waals surface area contributed by atoms with Crippen LogP contribution in [0.2, 0.25) is 0 Å². The van der Waals surface area contributed by atoms with Crippen LogP contribution in [0.25, 0.3) is 0 Å². The van der Waals surface area contributed by atoms with Crippen molar-refractivity contribution in [1.82, 2.24) is 4.31 Å². The fraction of sp³-hybridized carbons (Fsp3) is 0.538. The first-order valence-corrected chi connectivity index (χ1v) is 9.88. The van der Waals surface area contributed by atoms with Crippen molar-refractivity contribution in [3.8, 4) is 11.5 Å². The zero-order valence-electron chi connectivity index (χ0n) is 12.6. The van der Waals surface area contributed by atoms with Crippen molar-refractivity contribution < 1.29 is 26.3 Å². The maximum atomic E-state index is 12.6. The minimum Gasteiger partial charge on any atom is -0.493 e. The predicted molar refractivity (Wildman–Crippen MR) is 81.6 cm³/mol. The van der Waals surface area contributed by atoms with E-state index in [1.807, 2.05) is 0 Å². The number of ether oxygens (including phenoxy) is 2. The number of benzene rings is 1. The maximum absolute atomic E-state index is 12.6. The Balaban J connectivity index is 2.34. The topological polar surface area (TPSA) is 90.0 Å². The third-order valence-corrected chi connectivity index (χ3v) is 7.41. The van der Waals surface area contributed by atoms with Crippen molar-refractivity contribution in [1.29, 1.82) is 0 Å². The molecule has 0 spiro atoms. The average molecular weight is 349 g/mol. The normalized spacial score (nSPS) is 21.0. The number of sulfone groups is 1. The molecule has 0 radical (unpaired) electrons. The van der Waals surface area contributed by atoms with Crippen molar-refractivity contribution in [2.24, 2.45) is 0 Å². The lowest BCUT2D eigenvalue weighted by Crippen LogP contribution is -2.37. The molecule has 1 aliphatic rings.